The van der Waals surface area contributed by atoms with Crippen LogP contribution in [0.4, 0.5) is 5.13 Å². The second kappa shape index (κ2) is 7.82. The summed E-state index contributed by atoms with van der Waals surface area (Å²) < 4.78 is 0.699. The Labute approximate surface area is 151 Å². The number of piperidine rings is 1. The van der Waals surface area contributed by atoms with Crippen LogP contribution in [0.1, 0.15) is 53.9 Å². The van der Waals surface area contributed by atoms with E-state index in [0.29, 0.717) is 27.3 Å². The fourth-order valence-electron chi connectivity index (χ4n) is 2.71. The molecule has 1 fully saturated rings. The Bertz CT molecular complexity index is 587. The molecule has 134 valence electrons. The number of amides is 2. The number of anilines is 1. The lowest BCUT2D eigenvalue weighted by molar-refractivity contribution is -0.134. The number of hydrogen-bond acceptors (Lipinski definition) is 6. The predicted octanol–water partition coefficient (Wildman–Crippen LogP) is 3.40. The fourth-order valence-corrected chi connectivity index (χ4v) is 4.33. The van der Waals surface area contributed by atoms with E-state index < -0.39 is 5.41 Å². The Kier molecular flexibility index (Phi) is 6.25. The molecule has 2 heterocycles. The molecule has 0 aromatic carbocycles. The van der Waals surface area contributed by atoms with Crippen LogP contribution in [0.2, 0.25) is 0 Å². The molecule has 1 aliphatic rings. The number of nitrogens with one attached hydrogen (secondary N) is 1. The van der Waals surface area contributed by atoms with Gasteiger partial charge < -0.3 is 10.2 Å². The van der Waals surface area contributed by atoms with Gasteiger partial charge in [0.25, 0.3) is 0 Å². The van der Waals surface area contributed by atoms with E-state index in [1.165, 1.54) is 29.5 Å². The third-order valence-electron chi connectivity index (χ3n) is 4.11. The van der Waals surface area contributed by atoms with Crippen molar-refractivity contribution in [2.24, 2.45) is 5.41 Å². The van der Waals surface area contributed by atoms with E-state index in [-0.39, 0.29) is 11.8 Å². The highest BCUT2D eigenvalue weighted by molar-refractivity contribution is 8.01. The van der Waals surface area contributed by atoms with Crippen molar-refractivity contribution in [2.75, 3.05) is 11.1 Å². The van der Waals surface area contributed by atoms with Crippen molar-refractivity contribution in [3.8, 4) is 0 Å². The van der Waals surface area contributed by atoms with E-state index in [4.69, 9.17) is 0 Å². The monoisotopic (exact) mass is 370 g/mol. The fraction of sp³-hybridized carbons (Fsp3) is 0.750. The molecule has 1 aromatic heterocycles. The Morgan fingerprint density at radius 1 is 1.25 bits per heavy atom. The molecule has 1 aliphatic heterocycles. The first-order valence-corrected chi connectivity index (χ1v) is 10.1. The van der Waals surface area contributed by atoms with Gasteiger partial charge in [0.05, 0.1) is 5.75 Å². The molecule has 8 heteroatoms. The van der Waals surface area contributed by atoms with Gasteiger partial charge in [-0.3, -0.25) is 9.59 Å². The third kappa shape index (κ3) is 4.92. The van der Waals surface area contributed by atoms with Crippen LogP contribution >= 0.6 is 23.1 Å². The number of aromatic nitrogens is 2. The van der Waals surface area contributed by atoms with Gasteiger partial charge in [0, 0.05) is 17.5 Å². The van der Waals surface area contributed by atoms with Crippen LogP contribution in [0.15, 0.2) is 4.34 Å². The summed E-state index contributed by atoms with van der Waals surface area (Å²) in [7, 11) is 0. The molecule has 2 amide bonds. The van der Waals surface area contributed by atoms with Gasteiger partial charge in [-0.15, -0.1) is 10.2 Å². The zero-order valence-electron chi connectivity index (χ0n) is 15.0. The maximum atomic E-state index is 12.5. The molecule has 2 unspecified atom stereocenters. The van der Waals surface area contributed by atoms with E-state index in [1.807, 2.05) is 25.7 Å². The summed E-state index contributed by atoms with van der Waals surface area (Å²) in [6.45, 7) is 9.77. The highest BCUT2D eigenvalue weighted by Crippen LogP contribution is 2.29. The van der Waals surface area contributed by atoms with E-state index in [9.17, 15) is 9.59 Å². The summed E-state index contributed by atoms with van der Waals surface area (Å²) in [5.41, 5.74) is -0.477. The van der Waals surface area contributed by atoms with Gasteiger partial charge >= 0.3 is 0 Å². The van der Waals surface area contributed by atoms with Gasteiger partial charge in [0.15, 0.2) is 4.34 Å². The molecule has 0 aliphatic carbocycles. The van der Waals surface area contributed by atoms with E-state index >= 15 is 0 Å². The van der Waals surface area contributed by atoms with Crippen molar-refractivity contribution < 1.29 is 9.59 Å². The number of likely N-dealkylation sites (tertiary alicyclic amines) is 1. The average molecular weight is 371 g/mol. The summed E-state index contributed by atoms with van der Waals surface area (Å²) in [6, 6.07) is 0.607. The summed E-state index contributed by atoms with van der Waals surface area (Å²) in [5.74, 6) is 0.411. The molecule has 0 spiro atoms. The molecule has 0 saturated carbocycles. The van der Waals surface area contributed by atoms with Crippen molar-refractivity contribution in [3.05, 3.63) is 0 Å². The molecule has 6 nitrogen and oxygen atoms in total. The van der Waals surface area contributed by atoms with E-state index in [2.05, 4.69) is 29.4 Å². The van der Waals surface area contributed by atoms with E-state index in [0.717, 1.165) is 12.8 Å². The molecular formula is C16H26N4O2S2. The second-order valence-corrected chi connectivity index (χ2v) is 9.50. The first-order valence-electron chi connectivity index (χ1n) is 8.27. The first-order chi connectivity index (χ1) is 11.2. The van der Waals surface area contributed by atoms with Crippen molar-refractivity contribution in [1.82, 2.24) is 15.1 Å². The maximum Gasteiger partial charge on any atom is 0.233 e. The molecule has 0 radical (unpaired) electrons. The molecule has 1 N–H and O–H groups in total. The molecule has 24 heavy (non-hydrogen) atoms. The van der Waals surface area contributed by atoms with Crippen molar-refractivity contribution in [1.29, 1.82) is 0 Å². The molecule has 2 atom stereocenters. The van der Waals surface area contributed by atoms with Gasteiger partial charge in [0.2, 0.25) is 16.9 Å². The Morgan fingerprint density at radius 3 is 2.46 bits per heavy atom. The van der Waals surface area contributed by atoms with Crippen LogP contribution in [-0.2, 0) is 9.59 Å². The van der Waals surface area contributed by atoms with Gasteiger partial charge in [-0.1, -0.05) is 43.9 Å². The molecule has 1 saturated heterocycles. The quantitative estimate of drug-likeness (QED) is 0.649. The second-order valence-electron chi connectivity index (χ2n) is 7.30. The summed E-state index contributed by atoms with van der Waals surface area (Å²) in [6.07, 6.45) is 3.33. The van der Waals surface area contributed by atoms with Gasteiger partial charge in [-0.25, -0.2) is 0 Å². The lowest BCUT2D eigenvalue weighted by Crippen LogP contribution is -2.48. The minimum atomic E-state index is -0.477. The molecule has 2 rings (SSSR count). The number of rotatable bonds is 4. The SMILES string of the molecule is CC1CCCC(C)N1C(=O)CSc1nnc(NC(=O)C(C)(C)C)s1. The highest BCUT2D eigenvalue weighted by Gasteiger charge is 2.29. The van der Waals surface area contributed by atoms with Crippen LogP contribution in [0, 0.1) is 5.41 Å². The van der Waals surface area contributed by atoms with Crippen LogP contribution in [0.3, 0.4) is 0 Å². The Morgan fingerprint density at radius 2 is 1.88 bits per heavy atom. The average Bonchev–Trinajstić information content (AvgIpc) is 2.91. The molecule has 0 bridgehead atoms. The number of carbonyl (C=O) groups is 2. The summed E-state index contributed by atoms with van der Waals surface area (Å²) in [4.78, 5) is 26.4. The van der Waals surface area contributed by atoms with Crippen LogP contribution in [0.5, 0.6) is 0 Å². The smallest absolute Gasteiger partial charge is 0.233 e. The lowest BCUT2D eigenvalue weighted by Gasteiger charge is -2.39. The summed E-state index contributed by atoms with van der Waals surface area (Å²) >= 11 is 2.69. The van der Waals surface area contributed by atoms with Crippen LogP contribution in [-0.4, -0.2) is 44.7 Å². The minimum Gasteiger partial charge on any atom is -0.337 e. The van der Waals surface area contributed by atoms with Crippen molar-refractivity contribution in [3.63, 3.8) is 0 Å². The standard InChI is InChI=1S/C16H26N4O2S2/c1-10-7-6-8-11(2)20(10)12(21)9-23-15-19-18-14(24-15)17-13(22)16(3,4)5/h10-11H,6-9H2,1-5H3,(H,17,18,22). The van der Waals surface area contributed by atoms with Gasteiger partial charge in [-0.2, -0.15) is 0 Å². The zero-order valence-corrected chi connectivity index (χ0v) is 16.6. The molecule has 1 aromatic rings. The Balaban J connectivity index is 1.88. The third-order valence-corrected chi connectivity index (χ3v) is 6.07. The number of carbonyl (C=O) groups excluding carboxylic acids is 2. The van der Waals surface area contributed by atoms with E-state index in [1.54, 1.807) is 0 Å². The minimum absolute atomic E-state index is 0.0951. The van der Waals surface area contributed by atoms with Crippen LogP contribution in [0.25, 0.3) is 0 Å². The lowest BCUT2D eigenvalue weighted by atomic mass is 9.96. The number of thioether (sulfide) groups is 1. The van der Waals surface area contributed by atoms with Crippen LogP contribution < -0.4 is 5.32 Å². The largest absolute Gasteiger partial charge is 0.337 e. The maximum absolute atomic E-state index is 12.5. The predicted molar refractivity (Wildman–Crippen MR) is 98.3 cm³/mol. The number of hydrogen-bond donors (Lipinski definition) is 1. The Hall–Kier alpha value is -1.15. The molecular weight excluding hydrogens is 344 g/mol. The first kappa shape index (κ1) is 19.2. The van der Waals surface area contributed by atoms with Gasteiger partial charge in [0.1, 0.15) is 0 Å². The topological polar surface area (TPSA) is 75.2 Å². The highest BCUT2D eigenvalue weighted by atomic mass is 32.2. The normalized spacial score (nSPS) is 21.6. The number of nitrogens with zero attached hydrogens (tertiary/aromatic N) is 3. The van der Waals surface area contributed by atoms with Gasteiger partial charge in [-0.05, 0) is 33.1 Å². The summed E-state index contributed by atoms with van der Waals surface area (Å²) in [5, 5.41) is 11.3. The van der Waals surface area contributed by atoms with Crippen molar-refractivity contribution >= 4 is 40.0 Å². The van der Waals surface area contributed by atoms with Crippen molar-refractivity contribution in [2.45, 2.75) is 70.3 Å². The zero-order chi connectivity index (χ0) is 17.9.